The first-order valence-corrected chi connectivity index (χ1v) is 8.07. The number of fused-ring (bicyclic) bond motifs is 1. The van der Waals surface area contributed by atoms with Crippen molar-refractivity contribution in [3.05, 3.63) is 60.2 Å². The maximum absolute atomic E-state index is 12.6. The van der Waals surface area contributed by atoms with Gasteiger partial charge in [-0.25, -0.2) is 9.13 Å². The van der Waals surface area contributed by atoms with Crippen molar-refractivity contribution in [2.75, 3.05) is 26.4 Å². The monoisotopic (exact) mass is 402 g/mol. The maximum Gasteiger partial charge on any atom is 0.356 e. The van der Waals surface area contributed by atoms with E-state index >= 15 is 0 Å². The average Bonchev–Trinajstić information content (AvgIpc) is 2.86. The van der Waals surface area contributed by atoms with Crippen LogP contribution in [0.2, 0.25) is 0 Å². The first-order valence-electron chi connectivity index (χ1n) is 8.07. The molecule has 0 aliphatic rings. The number of Topliss-reactive ketones (excluding diaryl/α,β-unsaturated/α-hetero) is 1. The van der Waals surface area contributed by atoms with Crippen molar-refractivity contribution in [3.63, 3.8) is 0 Å². The molecule has 0 aliphatic heterocycles. The lowest BCUT2D eigenvalue weighted by Crippen LogP contribution is -3.00. The highest BCUT2D eigenvalue weighted by Crippen LogP contribution is 2.16. The van der Waals surface area contributed by atoms with Gasteiger partial charge in [-0.1, -0.05) is 42.5 Å². The second-order valence-corrected chi connectivity index (χ2v) is 6.18. The molecular formula is C19H23BrN4O. The summed E-state index contributed by atoms with van der Waals surface area (Å²) in [5.74, 6) is 0.671. The van der Waals surface area contributed by atoms with Gasteiger partial charge in [-0.2, -0.15) is 0 Å². The quantitative estimate of drug-likeness (QED) is 0.423. The van der Waals surface area contributed by atoms with Crippen molar-refractivity contribution < 1.29 is 26.3 Å². The molecular weight excluding hydrogens is 380 g/mol. The van der Waals surface area contributed by atoms with E-state index in [-0.39, 0.29) is 29.3 Å². The number of nitrogen functional groups attached to an aromatic ring is 1. The van der Waals surface area contributed by atoms with Crippen LogP contribution in [0.5, 0.6) is 0 Å². The van der Waals surface area contributed by atoms with Gasteiger partial charge in [-0.05, 0) is 26.2 Å². The third-order valence-corrected chi connectivity index (χ3v) is 4.18. The van der Waals surface area contributed by atoms with Crippen molar-refractivity contribution in [2.24, 2.45) is 0 Å². The van der Waals surface area contributed by atoms with Crippen molar-refractivity contribution in [2.45, 2.75) is 13.1 Å². The lowest BCUT2D eigenvalue weighted by atomic mass is 10.1. The molecule has 2 N–H and O–H groups in total. The zero-order valence-corrected chi connectivity index (χ0v) is 16.1. The lowest BCUT2D eigenvalue weighted by Gasteiger charge is -2.08. The van der Waals surface area contributed by atoms with Crippen molar-refractivity contribution in [1.82, 2.24) is 9.47 Å². The number of aromatic nitrogens is 2. The average molecular weight is 403 g/mol. The number of carbonyl (C=O) groups is 1. The Bertz CT molecular complexity index is 858. The van der Waals surface area contributed by atoms with Crippen LogP contribution >= 0.6 is 0 Å². The smallest absolute Gasteiger partial charge is 0.356 e. The molecule has 0 amide bonds. The highest BCUT2D eigenvalue weighted by Gasteiger charge is 2.22. The molecule has 0 saturated heterocycles. The van der Waals surface area contributed by atoms with Crippen LogP contribution in [0, 0.1) is 0 Å². The molecule has 3 rings (SSSR count). The number of nitrogens with two attached hydrogens (primary N) is 1. The summed E-state index contributed by atoms with van der Waals surface area (Å²) in [4.78, 5) is 14.7. The largest absolute Gasteiger partial charge is 1.00 e. The molecule has 6 heteroatoms. The number of carbonyl (C=O) groups excluding carboxylic acids is 1. The number of nitrogens with zero attached hydrogens (tertiary/aromatic N) is 3. The molecule has 0 radical (unpaired) electrons. The van der Waals surface area contributed by atoms with E-state index in [2.05, 4.69) is 9.47 Å². The third kappa shape index (κ3) is 4.08. The third-order valence-electron chi connectivity index (χ3n) is 4.18. The summed E-state index contributed by atoms with van der Waals surface area (Å²) in [5.41, 5.74) is 9.12. The fourth-order valence-corrected chi connectivity index (χ4v) is 2.87. The first-order chi connectivity index (χ1) is 11.6. The van der Waals surface area contributed by atoms with Crippen molar-refractivity contribution in [1.29, 1.82) is 0 Å². The molecule has 5 nitrogen and oxygen atoms in total. The second-order valence-electron chi connectivity index (χ2n) is 6.18. The molecule has 25 heavy (non-hydrogen) atoms. The minimum absolute atomic E-state index is 0. The van der Waals surface area contributed by atoms with E-state index in [1.54, 1.807) is 0 Å². The maximum atomic E-state index is 12.6. The van der Waals surface area contributed by atoms with Gasteiger partial charge in [0.05, 0.1) is 6.54 Å². The highest BCUT2D eigenvalue weighted by molar-refractivity contribution is 5.95. The molecule has 0 atom stereocenters. The predicted octanol–water partition coefficient (Wildman–Crippen LogP) is -1.04. The summed E-state index contributed by atoms with van der Waals surface area (Å²) in [6, 6.07) is 17.4. The van der Waals surface area contributed by atoms with Gasteiger partial charge in [-0.3, -0.25) is 10.5 Å². The van der Waals surface area contributed by atoms with E-state index in [4.69, 9.17) is 5.73 Å². The molecule has 0 fully saturated rings. The normalized spacial score (nSPS) is 10.8. The number of anilines is 1. The number of para-hydroxylation sites is 2. The molecule has 3 aromatic rings. The number of likely N-dealkylation sites (N-methyl/N-ethyl adjacent to an activating group) is 1. The van der Waals surface area contributed by atoms with Gasteiger partial charge >= 0.3 is 5.95 Å². The van der Waals surface area contributed by atoms with Gasteiger partial charge in [-0.15, -0.1) is 0 Å². The Morgan fingerprint density at radius 2 is 1.72 bits per heavy atom. The van der Waals surface area contributed by atoms with Gasteiger partial charge in [0.25, 0.3) is 0 Å². The Balaban J connectivity index is 0.00000225. The zero-order chi connectivity index (χ0) is 17.1. The van der Waals surface area contributed by atoms with Crippen molar-refractivity contribution >= 4 is 22.8 Å². The molecule has 0 unspecified atom stereocenters. The Morgan fingerprint density at radius 3 is 2.40 bits per heavy atom. The van der Waals surface area contributed by atoms with E-state index in [1.165, 1.54) is 0 Å². The van der Waals surface area contributed by atoms with Crippen LogP contribution < -0.4 is 27.3 Å². The molecule has 132 valence electrons. The number of benzene rings is 2. The van der Waals surface area contributed by atoms with Crippen LogP contribution in [0.1, 0.15) is 10.4 Å². The zero-order valence-electron chi connectivity index (χ0n) is 14.5. The standard InChI is InChI=1S/C19H22N4O.BrH/c1-21(2)12-13-22-16-10-6-7-11-17(16)23(19(22)20)14-18(24)15-8-4-3-5-9-15;/h3-11,20H,12-14H2,1-2H3;1H. The Hall–Kier alpha value is -2.18. The lowest BCUT2D eigenvalue weighted by molar-refractivity contribution is -0.642. The summed E-state index contributed by atoms with van der Waals surface area (Å²) in [6.45, 7) is 1.91. The Kier molecular flexibility index (Phi) is 6.33. The predicted molar refractivity (Wildman–Crippen MR) is 95.9 cm³/mol. The topological polar surface area (TPSA) is 55.1 Å². The van der Waals surface area contributed by atoms with Crippen LogP contribution in [0.15, 0.2) is 54.6 Å². The number of hydrogen-bond acceptors (Lipinski definition) is 3. The highest BCUT2D eigenvalue weighted by atomic mass is 79.9. The first kappa shape index (κ1) is 19.1. The fraction of sp³-hybridized carbons (Fsp3) is 0.263. The summed E-state index contributed by atoms with van der Waals surface area (Å²) in [5, 5.41) is 0. The van der Waals surface area contributed by atoms with Gasteiger partial charge in [0.15, 0.2) is 5.78 Å². The van der Waals surface area contributed by atoms with E-state index < -0.39 is 0 Å². The molecule has 0 bridgehead atoms. The molecule has 0 saturated carbocycles. The van der Waals surface area contributed by atoms with Crippen LogP contribution in [0.3, 0.4) is 0 Å². The SMILES string of the molecule is CN(C)CCn1c(N)[n+](CC(=O)c2ccccc2)c2ccccc21.[Br-]. The summed E-state index contributed by atoms with van der Waals surface area (Å²) in [6.07, 6.45) is 0. The van der Waals surface area contributed by atoms with Gasteiger partial charge < -0.3 is 21.9 Å². The Morgan fingerprint density at radius 1 is 1.08 bits per heavy atom. The van der Waals surface area contributed by atoms with Crippen LogP contribution in [-0.2, 0) is 13.1 Å². The number of halogens is 1. The summed E-state index contributed by atoms with van der Waals surface area (Å²) < 4.78 is 3.98. The van der Waals surface area contributed by atoms with Gasteiger partial charge in [0.1, 0.15) is 17.6 Å². The number of rotatable bonds is 6. The number of ketones is 1. The molecule has 2 aromatic carbocycles. The molecule has 1 aromatic heterocycles. The molecule has 1 heterocycles. The molecule has 0 spiro atoms. The van der Waals surface area contributed by atoms with E-state index in [0.29, 0.717) is 11.5 Å². The minimum Gasteiger partial charge on any atom is -1.00 e. The van der Waals surface area contributed by atoms with E-state index in [1.807, 2.05) is 73.3 Å². The van der Waals surface area contributed by atoms with Gasteiger partial charge in [0, 0.05) is 12.1 Å². The number of imidazole rings is 1. The van der Waals surface area contributed by atoms with Crippen LogP contribution in [0.25, 0.3) is 11.0 Å². The summed E-state index contributed by atoms with van der Waals surface area (Å²) in [7, 11) is 4.07. The minimum atomic E-state index is 0. The fourth-order valence-electron chi connectivity index (χ4n) is 2.87. The van der Waals surface area contributed by atoms with Crippen LogP contribution in [0.4, 0.5) is 5.95 Å². The van der Waals surface area contributed by atoms with E-state index in [0.717, 1.165) is 24.1 Å². The number of hydrogen-bond donors (Lipinski definition) is 1. The van der Waals surface area contributed by atoms with E-state index in [9.17, 15) is 4.79 Å². The van der Waals surface area contributed by atoms with Crippen molar-refractivity contribution in [3.8, 4) is 0 Å². The second kappa shape index (κ2) is 8.27. The summed E-state index contributed by atoms with van der Waals surface area (Å²) >= 11 is 0. The Labute approximate surface area is 158 Å². The molecule has 0 aliphatic carbocycles. The van der Waals surface area contributed by atoms with Crippen LogP contribution in [-0.4, -0.2) is 35.9 Å². The van der Waals surface area contributed by atoms with Gasteiger partial charge in [0.2, 0.25) is 0 Å².